The van der Waals surface area contributed by atoms with Gasteiger partial charge in [-0.1, -0.05) is 0 Å². The fourth-order valence-corrected chi connectivity index (χ4v) is 3.25. The van der Waals surface area contributed by atoms with Crippen LogP contribution in [0.5, 0.6) is 0 Å². The van der Waals surface area contributed by atoms with E-state index >= 15 is 0 Å². The molecule has 0 radical (unpaired) electrons. The number of nitrogens with two attached hydrogens (primary N) is 2. The molecule has 0 aromatic heterocycles. The lowest BCUT2D eigenvalue weighted by molar-refractivity contribution is -0.119. The van der Waals surface area contributed by atoms with Crippen LogP contribution in [0, 0.1) is 0 Å². The van der Waals surface area contributed by atoms with Crippen molar-refractivity contribution in [3.8, 4) is 0 Å². The van der Waals surface area contributed by atoms with E-state index in [1.807, 2.05) is 0 Å². The third kappa shape index (κ3) is 4.15. The number of rotatable bonds is 4. The van der Waals surface area contributed by atoms with E-state index in [4.69, 9.17) is 11.5 Å². The van der Waals surface area contributed by atoms with Gasteiger partial charge in [-0.25, -0.2) is 8.42 Å². The Hall–Kier alpha value is -0.660. The summed E-state index contributed by atoms with van der Waals surface area (Å²) < 4.78 is 22.6. The first-order valence-electron chi connectivity index (χ1n) is 4.89. The zero-order chi connectivity index (χ0) is 11.5. The lowest BCUT2D eigenvalue weighted by Gasteiger charge is -2.23. The maximum absolute atomic E-state index is 11.3. The van der Waals surface area contributed by atoms with Crippen molar-refractivity contribution >= 4 is 15.7 Å². The summed E-state index contributed by atoms with van der Waals surface area (Å²) in [6.07, 6.45) is 1.45. The summed E-state index contributed by atoms with van der Waals surface area (Å²) in [5.41, 5.74) is 10.4. The fourth-order valence-electron chi connectivity index (χ4n) is 1.58. The standard InChI is InChI=1S/C8H17N3O3S/c9-7(8(10)12)4-11-6-2-1-3-15(13,14)5-6/h6-7,11H,1-5,9H2,(H2,10,12). The van der Waals surface area contributed by atoms with Crippen LogP contribution in [-0.2, 0) is 14.6 Å². The van der Waals surface area contributed by atoms with Gasteiger partial charge in [-0.2, -0.15) is 0 Å². The topological polar surface area (TPSA) is 115 Å². The third-order valence-electron chi connectivity index (χ3n) is 2.45. The van der Waals surface area contributed by atoms with Crippen LogP contribution in [0.1, 0.15) is 12.8 Å². The lowest BCUT2D eigenvalue weighted by atomic mass is 10.1. The Morgan fingerprint density at radius 1 is 1.53 bits per heavy atom. The minimum absolute atomic E-state index is 0.103. The van der Waals surface area contributed by atoms with E-state index in [-0.39, 0.29) is 24.1 Å². The Balaban J connectivity index is 2.36. The van der Waals surface area contributed by atoms with Crippen molar-refractivity contribution in [2.45, 2.75) is 24.9 Å². The second-order valence-corrected chi connectivity index (χ2v) is 6.10. The van der Waals surface area contributed by atoms with E-state index < -0.39 is 21.8 Å². The van der Waals surface area contributed by atoms with Crippen LogP contribution in [0.3, 0.4) is 0 Å². The van der Waals surface area contributed by atoms with Crippen molar-refractivity contribution in [1.82, 2.24) is 5.32 Å². The van der Waals surface area contributed by atoms with E-state index in [2.05, 4.69) is 5.32 Å². The van der Waals surface area contributed by atoms with Gasteiger partial charge in [-0.05, 0) is 12.8 Å². The summed E-state index contributed by atoms with van der Waals surface area (Å²) >= 11 is 0. The van der Waals surface area contributed by atoms with Crippen LogP contribution >= 0.6 is 0 Å². The van der Waals surface area contributed by atoms with Crippen LogP contribution in [0.2, 0.25) is 0 Å². The van der Waals surface area contributed by atoms with Gasteiger partial charge in [0.15, 0.2) is 9.84 Å². The molecule has 7 heteroatoms. The molecule has 1 aliphatic heterocycles. The normalized spacial score (nSPS) is 27.1. The molecule has 0 bridgehead atoms. The van der Waals surface area contributed by atoms with Crippen molar-refractivity contribution in [2.75, 3.05) is 18.1 Å². The maximum atomic E-state index is 11.3. The predicted molar refractivity (Wildman–Crippen MR) is 56.8 cm³/mol. The lowest BCUT2D eigenvalue weighted by Crippen LogP contribution is -2.49. The second-order valence-electron chi connectivity index (χ2n) is 3.87. The van der Waals surface area contributed by atoms with Crippen molar-refractivity contribution in [2.24, 2.45) is 11.5 Å². The quantitative estimate of drug-likeness (QED) is 0.519. The molecule has 2 unspecified atom stereocenters. The molecular formula is C8H17N3O3S. The van der Waals surface area contributed by atoms with Crippen LogP contribution < -0.4 is 16.8 Å². The van der Waals surface area contributed by atoms with Gasteiger partial charge in [0.25, 0.3) is 0 Å². The Morgan fingerprint density at radius 2 is 2.20 bits per heavy atom. The van der Waals surface area contributed by atoms with Crippen molar-refractivity contribution in [1.29, 1.82) is 0 Å². The summed E-state index contributed by atoms with van der Waals surface area (Å²) in [6.45, 7) is 0.232. The van der Waals surface area contributed by atoms with Gasteiger partial charge in [-0.15, -0.1) is 0 Å². The molecule has 6 nitrogen and oxygen atoms in total. The van der Waals surface area contributed by atoms with Crippen LogP contribution in [-0.4, -0.2) is 44.5 Å². The predicted octanol–water partition coefficient (Wildman–Crippen LogP) is -2.03. The summed E-state index contributed by atoms with van der Waals surface area (Å²) in [5.74, 6) is -0.202. The van der Waals surface area contributed by atoms with Gasteiger partial charge in [0.2, 0.25) is 5.91 Å². The molecule has 1 aliphatic rings. The highest BCUT2D eigenvalue weighted by atomic mass is 32.2. The Kier molecular flexibility index (Phi) is 4.06. The van der Waals surface area contributed by atoms with Crippen LogP contribution in [0.4, 0.5) is 0 Å². The molecule has 88 valence electrons. The van der Waals surface area contributed by atoms with E-state index in [9.17, 15) is 13.2 Å². The van der Waals surface area contributed by atoms with Gasteiger partial charge in [0.1, 0.15) is 0 Å². The highest BCUT2D eigenvalue weighted by Crippen LogP contribution is 2.11. The van der Waals surface area contributed by atoms with Gasteiger partial charge >= 0.3 is 0 Å². The highest BCUT2D eigenvalue weighted by Gasteiger charge is 2.24. The summed E-state index contributed by atoms with van der Waals surface area (Å²) in [4.78, 5) is 10.6. The molecule has 1 saturated heterocycles. The molecule has 1 fully saturated rings. The first-order valence-corrected chi connectivity index (χ1v) is 6.71. The zero-order valence-corrected chi connectivity index (χ0v) is 9.29. The van der Waals surface area contributed by atoms with Gasteiger partial charge in [0, 0.05) is 12.6 Å². The number of amides is 1. The molecule has 1 rings (SSSR count). The monoisotopic (exact) mass is 235 g/mol. The van der Waals surface area contributed by atoms with Crippen molar-refractivity contribution in [3.05, 3.63) is 0 Å². The zero-order valence-electron chi connectivity index (χ0n) is 8.48. The molecule has 1 amide bonds. The molecule has 0 saturated carbocycles. The van der Waals surface area contributed by atoms with Crippen LogP contribution in [0.15, 0.2) is 0 Å². The second kappa shape index (κ2) is 4.91. The van der Waals surface area contributed by atoms with E-state index in [0.29, 0.717) is 6.42 Å². The number of nitrogens with one attached hydrogen (secondary N) is 1. The summed E-state index contributed by atoms with van der Waals surface area (Å²) in [5, 5.41) is 2.95. The van der Waals surface area contributed by atoms with Crippen molar-refractivity contribution < 1.29 is 13.2 Å². The average Bonchev–Trinajstić information content (AvgIpc) is 2.12. The Morgan fingerprint density at radius 3 is 2.73 bits per heavy atom. The molecule has 0 aromatic rings. The molecular weight excluding hydrogens is 218 g/mol. The minimum Gasteiger partial charge on any atom is -0.368 e. The molecule has 5 N–H and O–H groups in total. The Labute approximate surface area is 89.3 Å². The highest BCUT2D eigenvalue weighted by molar-refractivity contribution is 7.91. The number of carbonyl (C=O) groups excluding carboxylic acids is 1. The average molecular weight is 235 g/mol. The van der Waals surface area contributed by atoms with E-state index in [1.54, 1.807) is 0 Å². The largest absolute Gasteiger partial charge is 0.368 e. The molecule has 0 spiro atoms. The number of primary amides is 1. The molecule has 1 heterocycles. The van der Waals surface area contributed by atoms with Gasteiger partial charge in [-0.3, -0.25) is 4.79 Å². The fraction of sp³-hybridized carbons (Fsp3) is 0.875. The number of sulfone groups is 1. The molecule has 0 aromatic carbocycles. The van der Waals surface area contributed by atoms with E-state index in [0.717, 1.165) is 6.42 Å². The molecule has 2 atom stereocenters. The first-order chi connectivity index (χ1) is 6.91. The SMILES string of the molecule is NC(=O)C(N)CNC1CCCS(=O)(=O)C1. The van der Waals surface area contributed by atoms with Gasteiger partial charge in [0.05, 0.1) is 17.5 Å². The van der Waals surface area contributed by atoms with E-state index in [1.165, 1.54) is 0 Å². The smallest absolute Gasteiger partial charge is 0.235 e. The number of hydrogen-bond donors (Lipinski definition) is 3. The van der Waals surface area contributed by atoms with Gasteiger partial charge < -0.3 is 16.8 Å². The van der Waals surface area contributed by atoms with Crippen molar-refractivity contribution in [3.63, 3.8) is 0 Å². The third-order valence-corrected chi connectivity index (χ3v) is 4.28. The summed E-state index contributed by atoms with van der Waals surface area (Å²) in [7, 11) is -2.92. The molecule has 0 aliphatic carbocycles. The first kappa shape index (κ1) is 12.4. The Bertz CT molecular complexity index is 328. The number of hydrogen-bond acceptors (Lipinski definition) is 5. The molecule has 15 heavy (non-hydrogen) atoms. The van der Waals surface area contributed by atoms with Crippen LogP contribution in [0.25, 0.3) is 0 Å². The summed E-state index contributed by atoms with van der Waals surface area (Å²) in [6, 6.07) is -0.858. The maximum Gasteiger partial charge on any atom is 0.235 e. The number of carbonyl (C=O) groups is 1. The minimum atomic E-state index is -2.92.